The number of rotatable bonds is 5. The topological polar surface area (TPSA) is 30.5 Å². The Morgan fingerprint density at radius 3 is 2.84 bits per heavy atom. The van der Waals surface area contributed by atoms with Gasteiger partial charge in [0.2, 0.25) is 0 Å². The molecule has 1 aromatic rings. The average Bonchev–Trinajstić information content (AvgIpc) is 2.34. The highest BCUT2D eigenvalue weighted by Crippen LogP contribution is 2.41. The van der Waals surface area contributed by atoms with Crippen LogP contribution in [0.5, 0.6) is 11.5 Å². The summed E-state index contributed by atoms with van der Waals surface area (Å²) in [5.74, 6) is 1.84. The summed E-state index contributed by atoms with van der Waals surface area (Å²) < 4.78 is 11.7. The predicted molar refractivity (Wildman–Crippen MR) is 78.0 cm³/mol. The Balaban J connectivity index is 2.27. The molecule has 0 amide bonds. The summed E-state index contributed by atoms with van der Waals surface area (Å²) in [5.41, 5.74) is 1.11. The molecule has 0 fully saturated rings. The molecule has 1 unspecified atom stereocenters. The van der Waals surface area contributed by atoms with Gasteiger partial charge in [0.25, 0.3) is 0 Å². The van der Waals surface area contributed by atoms with Crippen LogP contribution in [-0.2, 0) is 0 Å². The lowest BCUT2D eigenvalue weighted by atomic mass is 9.89. The van der Waals surface area contributed by atoms with E-state index in [1.807, 2.05) is 19.1 Å². The van der Waals surface area contributed by atoms with Crippen LogP contribution in [0.4, 0.5) is 0 Å². The number of benzene rings is 1. The molecule has 0 spiro atoms. The third kappa shape index (κ3) is 3.41. The van der Waals surface area contributed by atoms with Crippen molar-refractivity contribution in [1.82, 2.24) is 5.32 Å². The van der Waals surface area contributed by atoms with Gasteiger partial charge in [0, 0.05) is 24.1 Å². The second-order valence-electron chi connectivity index (χ2n) is 5.71. The molecule has 2 rings (SSSR count). The van der Waals surface area contributed by atoms with Gasteiger partial charge in [-0.3, -0.25) is 0 Å². The molecule has 3 nitrogen and oxygen atoms in total. The third-order valence-electron chi connectivity index (χ3n) is 3.39. The molecule has 1 atom stereocenters. The Morgan fingerprint density at radius 2 is 2.16 bits per heavy atom. The van der Waals surface area contributed by atoms with Crippen LogP contribution in [0.15, 0.2) is 18.2 Å². The van der Waals surface area contributed by atoms with Gasteiger partial charge >= 0.3 is 0 Å². The Hall–Kier alpha value is -1.22. The minimum atomic E-state index is -0.136. The largest absolute Gasteiger partial charge is 0.494 e. The van der Waals surface area contributed by atoms with Crippen molar-refractivity contribution in [3.63, 3.8) is 0 Å². The molecule has 0 aromatic heterocycles. The Labute approximate surface area is 116 Å². The molecule has 1 heterocycles. The number of hydrogen-bond donors (Lipinski definition) is 1. The van der Waals surface area contributed by atoms with Gasteiger partial charge in [-0.05, 0) is 39.8 Å². The molecule has 1 N–H and O–H groups in total. The van der Waals surface area contributed by atoms with Crippen molar-refractivity contribution in [3.8, 4) is 11.5 Å². The second kappa shape index (κ2) is 5.83. The number of ether oxygens (including phenoxy) is 2. The van der Waals surface area contributed by atoms with Crippen molar-refractivity contribution in [2.75, 3.05) is 13.2 Å². The normalized spacial score (nSPS) is 20.5. The van der Waals surface area contributed by atoms with E-state index in [0.717, 1.165) is 30.9 Å². The van der Waals surface area contributed by atoms with Crippen LogP contribution in [0.2, 0.25) is 0 Å². The van der Waals surface area contributed by atoms with Crippen LogP contribution < -0.4 is 14.8 Å². The van der Waals surface area contributed by atoms with E-state index in [2.05, 4.69) is 32.2 Å². The summed E-state index contributed by atoms with van der Waals surface area (Å²) in [5, 5.41) is 3.61. The first-order chi connectivity index (χ1) is 9.05. The smallest absolute Gasteiger partial charge is 0.128 e. The first-order valence-corrected chi connectivity index (χ1v) is 7.25. The van der Waals surface area contributed by atoms with Crippen LogP contribution in [0, 0.1) is 0 Å². The highest BCUT2D eigenvalue weighted by atomic mass is 16.5. The molecule has 0 saturated carbocycles. The molecule has 1 aromatic carbocycles. The van der Waals surface area contributed by atoms with E-state index in [4.69, 9.17) is 9.47 Å². The van der Waals surface area contributed by atoms with Gasteiger partial charge in [-0.15, -0.1) is 0 Å². The monoisotopic (exact) mass is 263 g/mol. The fourth-order valence-corrected chi connectivity index (χ4v) is 2.59. The Bertz CT molecular complexity index is 429. The van der Waals surface area contributed by atoms with Crippen LogP contribution in [0.25, 0.3) is 0 Å². The van der Waals surface area contributed by atoms with Crippen molar-refractivity contribution < 1.29 is 9.47 Å². The van der Waals surface area contributed by atoms with Crippen molar-refractivity contribution in [2.24, 2.45) is 0 Å². The molecule has 1 aliphatic heterocycles. The Morgan fingerprint density at radius 1 is 1.37 bits per heavy atom. The van der Waals surface area contributed by atoms with Gasteiger partial charge < -0.3 is 14.8 Å². The van der Waals surface area contributed by atoms with Gasteiger partial charge in [0.1, 0.15) is 17.1 Å². The van der Waals surface area contributed by atoms with Crippen molar-refractivity contribution in [1.29, 1.82) is 0 Å². The maximum atomic E-state index is 6.10. The van der Waals surface area contributed by atoms with E-state index in [1.165, 1.54) is 5.56 Å². The predicted octanol–water partition coefficient (Wildman–Crippen LogP) is 3.69. The fraction of sp³-hybridized carbons (Fsp3) is 0.625. The molecular weight excluding hydrogens is 238 g/mol. The van der Waals surface area contributed by atoms with E-state index >= 15 is 0 Å². The number of hydrogen-bond acceptors (Lipinski definition) is 3. The van der Waals surface area contributed by atoms with Crippen LogP contribution >= 0.6 is 0 Å². The number of fused-ring (bicyclic) bond motifs is 1. The summed E-state index contributed by atoms with van der Waals surface area (Å²) in [4.78, 5) is 0. The van der Waals surface area contributed by atoms with Crippen LogP contribution in [0.1, 0.15) is 52.1 Å². The van der Waals surface area contributed by atoms with Gasteiger partial charge in [-0.2, -0.15) is 0 Å². The molecular formula is C16H25NO2. The van der Waals surface area contributed by atoms with Crippen molar-refractivity contribution >= 4 is 0 Å². The van der Waals surface area contributed by atoms with E-state index < -0.39 is 0 Å². The standard InChI is InChI=1S/C16H25NO2/c1-5-9-17-14-11-16(3,4)19-15-10-12(18-6-2)7-8-13(14)15/h7-8,10,14,17H,5-6,9,11H2,1-4H3. The summed E-state index contributed by atoms with van der Waals surface area (Å²) in [6.07, 6.45) is 2.14. The number of nitrogens with one attached hydrogen (secondary N) is 1. The van der Waals surface area contributed by atoms with Crippen molar-refractivity contribution in [3.05, 3.63) is 23.8 Å². The highest BCUT2D eigenvalue weighted by molar-refractivity contribution is 5.44. The lowest BCUT2D eigenvalue weighted by Gasteiger charge is -2.38. The molecule has 0 radical (unpaired) electrons. The zero-order valence-electron chi connectivity index (χ0n) is 12.5. The van der Waals surface area contributed by atoms with Crippen LogP contribution in [-0.4, -0.2) is 18.8 Å². The minimum absolute atomic E-state index is 0.136. The molecule has 3 heteroatoms. The van der Waals surface area contributed by atoms with Gasteiger partial charge in [0.15, 0.2) is 0 Å². The summed E-state index contributed by atoms with van der Waals surface area (Å²) in [7, 11) is 0. The fourth-order valence-electron chi connectivity index (χ4n) is 2.59. The summed E-state index contributed by atoms with van der Waals surface area (Å²) in [6, 6.07) is 6.54. The maximum absolute atomic E-state index is 6.10. The van der Waals surface area contributed by atoms with Gasteiger partial charge in [-0.25, -0.2) is 0 Å². The van der Waals surface area contributed by atoms with Gasteiger partial charge in [-0.1, -0.05) is 13.0 Å². The molecule has 106 valence electrons. The lowest BCUT2D eigenvalue weighted by Crippen LogP contribution is -2.39. The zero-order chi connectivity index (χ0) is 13.9. The second-order valence-corrected chi connectivity index (χ2v) is 5.71. The van der Waals surface area contributed by atoms with Crippen LogP contribution in [0.3, 0.4) is 0 Å². The SMILES string of the molecule is CCCNC1CC(C)(C)Oc2cc(OCC)ccc21. The summed E-state index contributed by atoms with van der Waals surface area (Å²) in [6.45, 7) is 10.2. The quantitative estimate of drug-likeness (QED) is 0.879. The highest BCUT2D eigenvalue weighted by Gasteiger charge is 2.33. The van der Waals surface area contributed by atoms with E-state index in [0.29, 0.717) is 12.6 Å². The molecule has 0 bridgehead atoms. The van der Waals surface area contributed by atoms with E-state index in [-0.39, 0.29) is 5.60 Å². The van der Waals surface area contributed by atoms with E-state index in [9.17, 15) is 0 Å². The zero-order valence-corrected chi connectivity index (χ0v) is 12.5. The summed E-state index contributed by atoms with van der Waals surface area (Å²) >= 11 is 0. The lowest BCUT2D eigenvalue weighted by molar-refractivity contribution is 0.0657. The maximum Gasteiger partial charge on any atom is 0.128 e. The van der Waals surface area contributed by atoms with Crippen molar-refractivity contribution in [2.45, 2.75) is 52.2 Å². The third-order valence-corrected chi connectivity index (χ3v) is 3.39. The Kier molecular flexibility index (Phi) is 4.35. The molecule has 0 saturated heterocycles. The molecule has 1 aliphatic rings. The average molecular weight is 263 g/mol. The van der Waals surface area contributed by atoms with E-state index in [1.54, 1.807) is 0 Å². The molecule has 19 heavy (non-hydrogen) atoms. The molecule has 0 aliphatic carbocycles. The first kappa shape index (κ1) is 14.2. The van der Waals surface area contributed by atoms with Gasteiger partial charge in [0.05, 0.1) is 6.61 Å². The first-order valence-electron chi connectivity index (χ1n) is 7.25. The minimum Gasteiger partial charge on any atom is -0.494 e.